The molecule has 182 valence electrons. The third-order valence-electron chi connectivity index (χ3n) is 5.47. The van der Waals surface area contributed by atoms with E-state index in [1.807, 2.05) is 49.1 Å². The van der Waals surface area contributed by atoms with E-state index in [0.717, 1.165) is 5.56 Å². The lowest BCUT2D eigenvalue weighted by atomic mass is 10.1. The van der Waals surface area contributed by atoms with Crippen LogP contribution in [-0.2, 0) is 26.6 Å². The van der Waals surface area contributed by atoms with Crippen LogP contribution in [0.1, 0.15) is 32.3 Å². The predicted octanol–water partition coefficient (Wildman–Crippen LogP) is 3.92. The normalized spacial score (nSPS) is 14.1. The Labute approximate surface area is 202 Å². The van der Waals surface area contributed by atoms with Crippen LogP contribution in [0.3, 0.4) is 0 Å². The zero-order valence-electron chi connectivity index (χ0n) is 19.3. The number of nitrogens with zero attached hydrogens (tertiary/aromatic N) is 1. The van der Waals surface area contributed by atoms with Gasteiger partial charge in [-0.25, -0.2) is 16.8 Å². The molecule has 0 aromatic heterocycles. The molecule has 2 N–H and O–H groups in total. The molecule has 0 heterocycles. The van der Waals surface area contributed by atoms with Crippen LogP contribution in [0.5, 0.6) is 0 Å². The number of hydrogen-bond acceptors (Lipinski definition) is 5. The minimum Gasteiger partial charge on any atom is -0.266 e. The highest BCUT2D eigenvalue weighted by molar-refractivity contribution is 7.89. The van der Waals surface area contributed by atoms with Gasteiger partial charge in [0.05, 0.1) is 22.1 Å². The maximum atomic E-state index is 13.1. The van der Waals surface area contributed by atoms with Gasteiger partial charge < -0.3 is 0 Å². The van der Waals surface area contributed by atoms with E-state index in [2.05, 4.69) is 9.44 Å². The van der Waals surface area contributed by atoms with Gasteiger partial charge in [0.1, 0.15) is 0 Å². The second-order valence-electron chi connectivity index (χ2n) is 7.87. The fourth-order valence-electron chi connectivity index (χ4n) is 3.70. The molecule has 0 bridgehead atoms. The highest BCUT2D eigenvalue weighted by Gasteiger charge is 2.31. The lowest BCUT2D eigenvalue weighted by Gasteiger charge is -2.37. The minimum absolute atomic E-state index is 0.158. The van der Waals surface area contributed by atoms with Crippen molar-refractivity contribution >= 4 is 20.0 Å². The van der Waals surface area contributed by atoms with Crippen LogP contribution in [0.15, 0.2) is 101 Å². The van der Waals surface area contributed by atoms with Crippen molar-refractivity contribution in [3.05, 3.63) is 96.6 Å². The summed E-state index contributed by atoms with van der Waals surface area (Å²) < 4.78 is 58.0. The summed E-state index contributed by atoms with van der Waals surface area (Å²) in [6.07, 6.45) is -0.423. The van der Waals surface area contributed by atoms with Gasteiger partial charge in [0.2, 0.25) is 20.0 Å². The zero-order chi connectivity index (χ0) is 24.6. The first kappa shape index (κ1) is 26.1. The summed E-state index contributed by atoms with van der Waals surface area (Å²) in [7, 11) is -7.63. The summed E-state index contributed by atoms with van der Waals surface area (Å²) in [5, 5.41) is 0. The first-order valence-electron chi connectivity index (χ1n) is 11.2. The van der Waals surface area contributed by atoms with Crippen LogP contribution < -0.4 is 9.44 Å². The van der Waals surface area contributed by atoms with Crippen LogP contribution in [0.25, 0.3) is 0 Å². The van der Waals surface area contributed by atoms with Gasteiger partial charge in [0, 0.05) is 6.54 Å². The highest BCUT2D eigenvalue weighted by Crippen LogP contribution is 2.19. The molecule has 0 radical (unpaired) electrons. The van der Waals surface area contributed by atoms with Crippen molar-refractivity contribution in [2.45, 2.75) is 55.4 Å². The van der Waals surface area contributed by atoms with Crippen molar-refractivity contribution < 1.29 is 16.8 Å². The van der Waals surface area contributed by atoms with Crippen LogP contribution in [0.4, 0.5) is 0 Å². The molecule has 3 aromatic rings. The van der Waals surface area contributed by atoms with Crippen molar-refractivity contribution in [3.63, 3.8) is 0 Å². The molecule has 2 unspecified atom stereocenters. The predicted molar refractivity (Wildman–Crippen MR) is 134 cm³/mol. The van der Waals surface area contributed by atoms with Crippen molar-refractivity contribution in [1.82, 2.24) is 14.3 Å². The molecule has 34 heavy (non-hydrogen) atoms. The van der Waals surface area contributed by atoms with Crippen molar-refractivity contribution in [1.29, 1.82) is 0 Å². The quantitative estimate of drug-likeness (QED) is 0.367. The molecular formula is C25H31N3O4S2. The van der Waals surface area contributed by atoms with E-state index in [1.165, 1.54) is 24.3 Å². The van der Waals surface area contributed by atoms with Gasteiger partial charge in [-0.05, 0) is 42.7 Å². The van der Waals surface area contributed by atoms with E-state index in [4.69, 9.17) is 0 Å². The van der Waals surface area contributed by atoms with Gasteiger partial charge in [-0.3, -0.25) is 4.90 Å². The van der Waals surface area contributed by atoms with Gasteiger partial charge in [-0.2, -0.15) is 9.44 Å². The molecule has 0 saturated heterocycles. The number of rotatable bonds is 12. The molecule has 2 atom stereocenters. The SMILES string of the molecule is CCC(NS(=O)(=O)c1ccccc1)N(Cc1ccccc1)C(CC)NS(=O)(=O)c1ccccc1. The molecule has 7 nitrogen and oxygen atoms in total. The maximum absolute atomic E-state index is 13.1. The molecule has 3 aromatic carbocycles. The summed E-state index contributed by atoms with van der Waals surface area (Å²) in [5.74, 6) is 0. The fraction of sp³-hybridized carbons (Fsp3) is 0.280. The summed E-state index contributed by atoms with van der Waals surface area (Å²) in [4.78, 5) is 2.17. The molecule has 3 rings (SSSR count). The van der Waals surface area contributed by atoms with Crippen molar-refractivity contribution in [2.75, 3.05) is 0 Å². The Morgan fingerprint density at radius 2 is 0.971 bits per heavy atom. The average molecular weight is 502 g/mol. The van der Waals surface area contributed by atoms with E-state index in [1.54, 1.807) is 36.4 Å². The lowest BCUT2D eigenvalue weighted by molar-refractivity contribution is 0.101. The van der Waals surface area contributed by atoms with Gasteiger partial charge in [0.15, 0.2) is 0 Å². The molecule has 0 saturated carbocycles. The smallest absolute Gasteiger partial charge is 0.241 e. The van der Waals surface area contributed by atoms with Crippen LogP contribution in [0, 0.1) is 0 Å². The second-order valence-corrected chi connectivity index (χ2v) is 11.3. The first-order valence-corrected chi connectivity index (χ1v) is 14.2. The Morgan fingerprint density at radius 3 is 1.32 bits per heavy atom. The largest absolute Gasteiger partial charge is 0.266 e. The molecule has 0 aliphatic heterocycles. The van der Waals surface area contributed by atoms with E-state index < -0.39 is 32.4 Å². The summed E-state index contributed by atoms with van der Waals surface area (Å²) >= 11 is 0. The Balaban J connectivity index is 1.95. The number of hydrogen-bond donors (Lipinski definition) is 2. The van der Waals surface area contributed by atoms with Crippen molar-refractivity contribution in [2.24, 2.45) is 0 Å². The van der Waals surface area contributed by atoms with Gasteiger partial charge in [-0.1, -0.05) is 80.6 Å². The third-order valence-corrected chi connectivity index (χ3v) is 8.42. The first-order chi connectivity index (χ1) is 16.3. The third kappa shape index (κ3) is 6.74. The Kier molecular flexibility index (Phi) is 8.98. The molecule has 0 spiro atoms. The summed E-state index contributed by atoms with van der Waals surface area (Å²) in [5.41, 5.74) is 0.942. The van der Waals surface area contributed by atoms with Gasteiger partial charge >= 0.3 is 0 Å². The second kappa shape index (κ2) is 11.7. The maximum Gasteiger partial charge on any atom is 0.241 e. The van der Waals surface area contributed by atoms with E-state index in [0.29, 0.717) is 19.4 Å². The Bertz CT molecular complexity index is 1160. The zero-order valence-corrected chi connectivity index (χ0v) is 21.0. The van der Waals surface area contributed by atoms with E-state index in [9.17, 15) is 16.8 Å². The van der Waals surface area contributed by atoms with Crippen LogP contribution >= 0.6 is 0 Å². The molecule has 9 heteroatoms. The van der Waals surface area contributed by atoms with Crippen LogP contribution in [0.2, 0.25) is 0 Å². The van der Waals surface area contributed by atoms with Crippen molar-refractivity contribution in [3.8, 4) is 0 Å². The standard InChI is InChI=1S/C25H31N3O4S2/c1-3-24(26-33(29,30)22-16-10-6-11-17-22)28(20-21-14-8-5-9-15-21)25(4-2)27-34(31,32)23-18-12-7-13-19-23/h5-19,24-27H,3-4,20H2,1-2H3. The topological polar surface area (TPSA) is 95.6 Å². The minimum atomic E-state index is -3.82. The molecule has 0 aliphatic rings. The molecule has 0 amide bonds. The van der Waals surface area contributed by atoms with Gasteiger partial charge in [-0.15, -0.1) is 0 Å². The summed E-state index contributed by atoms with van der Waals surface area (Å²) in [6, 6.07) is 25.9. The molecule has 0 fully saturated rings. The average Bonchev–Trinajstić information content (AvgIpc) is 2.86. The molecule has 0 aliphatic carbocycles. The number of nitrogens with one attached hydrogen (secondary N) is 2. The summed E-state index contributed by atoms with van der Waals surface area (Å²) in [6.45, 7) is 4.09. The monoisotopic (exact) mass is 501 g/mol. The van der Waals surface area contributed by atoms with E-state index >= 15 is 0 Å². The highest BCUT2D eigenvalue weighted by atomic mass is 32.2. The number of benzene rings is 3. The van der Waals surface area contributed by atoms with Gasteiger partial charge in [0.25, 0.3) is 0 Å². The van der Waals surface area contributed by atoms with Crippen LogP contribution in [-0.4, -0.2) is 34.1 Å². The van der Waals surface area contributed by atoms with E-state index in [-0.39, 0.29) is 9.79 Å². The Morgan fingerprint density at radius 1 is 0.618 bits per heavy atom. The number of sulfonamides is 2. The fourth-order valence-corrected chi connectivity index (χ4v) is 6.32. The Hall–Kier alpha value is -2.56. The lowest BCUT2D eigenvalue weighted by Crippen LogP contribution is -2.56. The molecular weight excluding hydrogens is 470 g/mol.